The molecule has 0 saturated carbocycles. The van der Waals surface area contributed by atoms with E-state index in [0.29, 0.717) is 11.7 Å². The van der Waals surface area contributed by atoms with Crippen molar-refractivity contribution in [2.24, 2.45) is 5.92 Å². The first-order valence-corrected chi connectivity index (χ1v) is 7.63. The van der Waals surface area contributed by atoms with Crippen LogP contribution in [0.5, 0.6) is 0 Å². The van der Waals surface area contributed by atoms with Crippen LogP contribution in [0.2, 0.25) is 0 Å². The summed E-state index contributed by atoms with van der Waals surface area (Å²) in [6, 6.07) is 8.47. The Labute approximate surface area is 115 Å². The summed E-state index contributed by atoms with van der Waals surface area (Å²) >= 11 is 1.67. The lowest BCUT2D eigenvalue weighted by Crippen LogP contribution is -2.26. The van der Waals surface area contributed by atoms with Crippen LogP contribution in [0.4, 0.5) is 0 Å². The van der Waals surface area contributed by atoms with Gasteiger partial charge in [0.25, 0.3) is 0 Å². The van der Waals surface area contributed by atoms with Gasteiger partial charge in [0.2, 0.25) is 5.91 Å². The average molecular weight is 265 g/mol. The molecular weight excluding hydrogens is 242 g/mol. The minimum Gasteiger partial charge on any atom is -0.355 e. The lowest BCUT2D eigenvalue weighted by atomic mass is 10.1. The summed E-state index contributed by atoms with van der Waals surface area (Å²) in [6.45, 7) is 7.21. The Bertz CT molecular complexity index is 359. The van der Waals surface area contributed by atoms with Gasteiger partial charge in [0.05, 0.1) is 5.75 Å². The molecule has 0 heterocycles. The molecule has 18 heavy (non-hydrogen) atoms. The predicted molar refractivity (Wildman–Crippen MR) is 79.8 cm³/mol. The first-order valence-electron chi connectivity index (χ1n) is 6.48. The van der Waals surface area contributed by atoms with Gasteiger partial charge in [-0.15, -0.1) is 11.8 Å². The van der Waals surface area contributed by atoms with E-state index in [9.17, 15) is 4.79 Å². The van der Waals surface area contributed by atoms with Crippen molar-refractivity contribution in [1.82, 2.24) is 5.32 Å². The van der Waals surface area contributed by atoms with Crippen molar-refractivity contribution in [2.75, 3.05) is 12.3 Å². The maximum atomic E-state index is 11.5. The maximum absolute atomic E-state index is 11.5. The second-order valence-electron chi connectivity index (χ2n) is 5.01. The molecule has 0 aromatic heterocycles. The molecule has 0 aliphatic rings. The summed E-state index contributed by atoms with van der Waals surface area (Å²) in [7, 11) is 0. The van der Waals surface area contributed by atoms with E-state index in [1.165, 1.54) is 11.1 Å². The monoisotopic (exact) mass is 265 g/mol. The summed E-state index contributed by atoms with van der Waals surface area (Å²) in [5.74, 6) is 2.24. The summed E-state index contributed by atoms with van der Waals surface area (Å²) < 4.78 is 0. The van der Waals surface area contributed by atoms with Gasteiger partial charge in [0.15, 0.2) is 0 Å². The lowest BCUT2D eigenvalue weighted by Gasteiger charge is -2.07. The van der Waals surface area contributed by atoms with Crippen LogP contribution in [0.15, 0.2) is 24.3 Å². The minimum absolute atomic E-state index is 0.146. The van der Waals surface area contributed by atoms with Gasteiger partial charge in [0.1, 0.15) is 0 Å². The molecule has 0 fully saturated rings. The Morgan fingerprint density at radius 1 is 1.28 bits per heavy atom. The Kier molecular flexibility index (Phi) is 6.88. The Hall–Kier alpha value is -0.960. The number of aryl methyl sites for hydroxylation is 1. The third kappa shape index (κ3) is 6.70. The van der Waals surface area contributed by atoms with Crippen LogP contribution in [-0.4, -0.2) is 18.2 Å². The number of nitrogens with one attached hydrogen (secondary N) is 1. The molecule has 0 bridgehead atoms. The molecule has 3 heteroatoms. The molecule has 2 nitrogen and oxygen atoms in total. The van der Waals surface area contributed by atoms with Crippen LogP contribution in [0, 0.1) is 12.8 Å². The van der Waals surface area contributed by atoms with Gasteiger partial charge in [-0.05, 0) is 24.8 Å². The molecule has 0 atom stereocenters. The highest BCUT2D eigenvalue weighted by Crippen LogP contribution is 2.12. The van der Waals surface area contributed by atoms with Crippen LogP contribution >= 0.6 is 11.8 Å². The zero-order valence-electron chi connectivity index (χ0n) is 11.5. The molecule has 0 unspecified atom stereocenters. The van der Waals surface area contributed by atoms with Crippen LogP contribution in [0.25, 0.3) is 0 Å². The smallest absolute Gasteiger partial charge is 0.230 e. The first-order chi connectivity index (χ1) is 8.58. The largest absolute Gasteiger partial charge is 0.355 e. The maximum Gasteiger partial charge on any atom is 0.230 e. The van der Waals surface area contributed by atoms with Gasteiger partial charge in [-0.25, -0.2) is 0 Å². The van der Waals surface area contributed by atoms with Gasteiger partial charge in [-0.1, -0.05) is 43.7 Å². The number of thioether (sulfide) groups is 1. The van der Waals surface area contributed by atoms with Crippen molar-refractivity contribution in [3.05, 3.63) is 35.4 Å². The first kappa shape index (κ1) is 15.1. The molecule has 0 saturated heterocycles. The highest BCUT2D eigenvalue weighted by atomic mass is 32.2. The molecule has 100 valence electrons. The number of carbonyl (C=O) groups excluding carboxylic acids is 1. The van der Waals surface area contributed by atoms with E-state index < -0.39 is 0 Å². The molecule has 1 N–H and O–H groups in total. The van der Waals surface area contributed by atoms with Gasteiger partial charge in [0, 0.05) is 12.3 Å². The molecule has 0 radical (unpaired) electrons. The highest BCUT2D eigenvalue weighted by molar-refractivity contribution is 7.99. The number of hydrogen-bond acceptors (Lipinski definition) is 2. The molecule has 1 aromatic rings. The lowest BCUT2D eigenvalue weighted by molar-refractivity contribution is -0.118. The van der Waals surface area contributed by atoms with Crippen molar-refractivity contribution >= 4 is 17.7 Å². The van der Waals surface area contributed by atoms with Crippen molar-refractivity contribution in [1.29, 1.82) is 0 Å². The van der Waals surface area contributed by atoms with Crippen molar-refractivity contribution in [2.45, 2.75) is 32.9 Å². The predicted octanol–water partition coefficient (Wildman–Crippen LogP) is 3.39. The Balaban J connectivity index is 2.13. The fraction of sp³-hybridized carbons (Fsp3) is 0.533. The number of hydrogen-bond donors (Lipinski definition) is 1. The van der Waals surface area contributed by atoms with Crippen molar-refractivity contribution < 1.29 is 4.79 Å². The zero-order chi connectivity index (χ0) is 13.4. The van der Waals surface area contributed by atoms with E-state index in [1.54, 1.807) is 11.8 Å². The van der Waals surface area contributed by atoms with Crippen LogP contribution in [0.1, 0.15) is 31.4 Å². The van der Waals surface area contributed by atoms with Crippen LogP contribution in [0.3, 0.4) is 0 Å². The Morgan fingerprint density at radius 2 is 1.94 bits per heavy atom. The standard InChI is InChI=1S/C15H23NOS/c1-12(2)8-9-16-15(17)11-18-10-14-6-4-13(3)5-7-14/h4-7,12H,8-11H2,1-3H3,(H,16,17). The van der Waals surface area contributed by atoms with Crippen LogP contribution in [-0.2, 0) is 10.5 Å². The van der Waals surface area contributed by atoms with E-state index in [-0.39, 0.29) is 5.91 Å². The minimum atomic E-state index is 0.146. The molecule has 1 rings (SSSR count). The highest BCUT2D eigenvalue weighted by Gasteiger charge is 2.02. The summed E-state index contributed by atoms with van der Waals surface area (Å²) in [4.78, 5) is 11.5. The third-order valence-corrected chi connectivity index (χ3v) is 3.67. The van der Waals surface area contributed by atoms with E-state index in [2.05, 4.69) is 50.4 Å². The number of rotatable bonds is 7. The number of benzene rings is 1. The van der Waals surface area contributed by atoms with Gasteiger partial charge in [-0.2, -0.15) is 0 Å². The van der Waals surface area contributed by atoms with Gasteiger partial charge in [-0.3, -0.25) is 4.79 Å². The van der Waals surface area contributed by atoms with Crippen molar-refractivity contribution in [3.63, 3.8) is 0 Å². The topological polar surface area (TPSA) is 29.1 Å². The molecular formula is C15H23NOS. The normalized spacial score (nSPS) is 10.7. The SMILES string of the molecule is Cc1ccc(CSCC(=O)NCCC(C)C)cc1. The van der Waals surface area contributed by atoms with Crippen molar-refractivity contribution in [3.8, 4) is 0 Å². The summed E-state index contributed by atoms with van der Waals surface area (Å²) in [5.41, 5.74) is 2.55. The van der Waals surface area contributed by atoms with E-state index in [0.717, 1.165) is 18.7 Å². The van der Waals surface area contributed by atoms with Crippen LogP contribution < -0.4 is 5.32 Å². The fourth-order valence-electron chi connectivity index (χ4n) is 1.50. The van der Waals surface area contributed by atoms with E-state index in [4.69, 9.17) is 0 Å². The molecule has 1 amide bonds. The summed E-state index contributed by atoms with van der Waals surface area (Å²) in [5, 5.41) is 2.95. The van der Waals surface area contributed by atoms with Gasteiger partial charge >= 0.3 is 0 Å². The molecule has 0 spiro atoms. The molecule has 1 aromatic carbocycles. The second-order valence-corrected chi connectivity index (χ2v) is 6.00. The van der Waals surface area contributed by atoms with Gasteiger partial charge < -0.3 is 5.32 Å². The Morgan fingerprint density at radius 3 is 2.56 bits per heavy atom. The number of amides is 1. The van der Waals surface area contributed by atoms with E-state index in [1.807, 2.05) is 0 Å². The second kappa shape index (κ2) is 8.20. The zero-order valence-corrected chi connectivity index (χ0v) is 12.3. The van der Waals surface area contributed by atoms with E-state index >= 15 is 0 Å². The molecule has 0 aliphatic carbocycles. The molecule has 0 aliphatic heterocycles. The number of carbonyl (C=O) groups is 1. The average Bonchev–Trinajstić information content (AvgIpc) is 2.31. The summed E-state index contributed by atoms with van der Waals surface area (Å²) in [6.07, 6.45) is 1.05. The quantitative estimate of drug-likeness (QED) is 0.819. The fourth-order valence-corrected chi connectivity index (χ4v) is 2.31. The third-order valence-electron chi connectivity index (χ3n) is 2.67.